The number of aliphatic carboxylic acids is 1. The summed E-state index contributed by atoms with van der Waals surface area (Å²) in [5.41, 5.74) is 3.04. The second kappa shape index (κ2) is 5.32. The smallest absolute Gasteiger partial charge is 0.335 e. The second-order valence-corrected chi connectivity index (χ2v) is 3.92. The van der Waals surface area contributed by atoms with Gasteiger partial charge in [-0.2, -0.15) is 0 Å². The van der Waals surface area contributed by atoms with Crippen molar-refractivity contribution < 1.29 is 9.90 Å². The van der Waals surface area contributed by atoms with Crippen LogP contribution in [-0.2, 0) is 4.79 Å². The Hall–Kier alpha value is -2.35. The van der Waals surface area contributed by atoms with Crippen LogP contribution in [0.4, 0.5) is 0 Å². The number of allylic oxidation sites excluding steroid dienone is 1. The van der Waals surface area contributed by atoms with Gasteiger partial charge in [0.1, 0.15) is 0 Å². The normalized spacial score (nSPS) is 11.3. The molecule has 0 saturated heterocycles. The van der Waals surface area contributed by atoms with Gasteiger partial charge in [0.25, 0.3) is 0 Å². The van der Waals surface area contributed by atoms with Gasteiger partial charge in [-0.1, -0.05) is 60.7 Å². The van der Waals surface area contributed by atoms with E-state index in [4.69, 9.17) is 0 Å². The van der Waals surface area contributed by atoms with Gasteiger partial charge >= 0.3 is 5.97 Å². The molecular formula is C16H14O2. The van der Waals surface area contributed by atoms with Crippen LogP contribution in [-0.4, -0.2) is 11.1 Å². The molecular weight excluding hydrogens is 224 g/mol. The average molecular weight is 238 g/mol. The highest BCUT2D eigenvalue weighted by molar-refractivity contribution is 6.17. The molecule has 0 aliphatic heterocycles. The van der Waals surface area contributed by atoms with Gasteiger partial charge < -0.3 is 5.11 Å². The van der Waals surface area contributed by atoms with Gasteiger partial charge in [-0.15, -0.1) is 0 Å². The molecule has 18 heavy (non-hydrogen) atoms. The minimum Gasteiger partial charge on any atom is -0.478 e. The standard InChI is InChI=1S/C16H14O2/c1-2-13(16(17)18)15-11-7-6-10-14(15)12-8-4-3-5-9-12/h2-11H,1H3,(H,17,18). The Bertz CT molecular complexity index is 583. The first-order chi connectivity index (χ1) is 8.74. The lowest BCUT2D eigenvalue weighted by Crippen LogP contribution is -2.01. The summed E-state index contributed by atoms with van der Waals surface area (Å²) in [6.45, 7) is 1.74. The molecule has 0 aliphatic carbocycles. The summed E-state index contributed by atoms with van der Waals surface area (Å²) in [6.07, 6.45) is 1.63. The first kappa shape index (κ1) is 12.1. The number of carboxylic acid groups (broad SMARTS) is 1. The molecule has 0 spiro atoms. The van der Waals surface area contributed by atoms with Crippen LogP contribution in [0.1, 0.15) is 12.5 Å². The fourth-order valence-electron chi connectivity index (χ4n) is 1.98. The minimum absolute atomic E-state index is 0.328. The third-order valence-corrected chi connectivity index (χ3v) is 2.82. The van der Waals surface area contributed by atoms with Gasteiger partial charge in [0.2, 0.25) is 0 Å². The monoisotopic (exact) mass is 238 g/mol. The summed E-state index contributed by atoms with van der Waals surface area (Å²) in [4.78, 5) is 11.2. The van der Waals surface area contributed by atoms with Crippen molar-refractivity contribution in [3.8, 4) is 11.1 Å². The van der Waals surface area contributed by atoms with Gasteiger partial charge in [-0.3, -0.25) is 0 Å². The van der Waals surface area contributed by atoms with Gasteiger partial charge in [0.15, 0.2) is 0 Å². The van der Waals surface area contributed by atoms with Crippen molar-refractivity contribution in [3.05, 3.63) is 66.2 Å². The van der Waals surface area contributed by atoms with E-state index in [-0.39, 0.29) is 0 Å². The zero-order valence-corrected chi connectivity index (χ0v) is 10.1. The van der Waals surface area contributed by atoms with Crippen molar-refractivity contribution in [2.45, 2.75) is 6.92 Å². The molecule has 90 valence electrons. The fourth-order valence-corrected chi connectivity index (χ4v) is 1.98. The largest absolute Gasteiger partial charge is 0.478 e. The van der Waals surface area contributed by atoms with Crippen molar-refractivity contribution in [1.82, 2.24) is 0 Å². The second-order valence-electron chi connectivity index (χ2n) is 3.92. The maximum Gasteiger partial charge on any atom is 0.335 e. The van der Waals surface area contributed by atoms with Crippen molar-refractivity contribution in [2.24, 2.45) is 0 Å². The van der Waals surface area contributed by atoms with E-state index in [1.165, 1.54) is 0 Å². The Morgan fingerprint density at radius 1 is 1.00 bits per heavy atom. The number of carboxylic acids is 1. The van der Waals surface area contributed by atoms with Crippen molar-refractivity contribution in [3.63, 3.8) is 0 Å². The highest BCUT2D eigenvalue weighted by atomic mass is 16.4. The zero-order chi connectivity index (χ0) is 13.0. The number of rotatable bonds is 3. The third-order valence-electron chi connectivity index (χ3n) is 2.82. The Kier molecular flexibility index (Phi) is 3.58. The third kappa shape index (κ3) is 2.33. The first-order valence-corrected chi connectivity index (χ1v) is 5.78. The molecule has 0 fully saturated rings. The van der Waals surface area contributed by atoms with E-state index in [0.29, 0.717) is 5.57 Å². The Balaban J connectivity index is 2.60. The van der Waals surface area contributed by atoms with E-state index in [9.17, 15) is 9.90 Å². The van der Waals surface area contributed by atoms with Crippen molar-refractivity contribution >= 4 is 11.5 Å². The van der Waals surface area contributed by atoms with Crippen LogP contribution in [0.25, 0.3) is 16.7 Å². The Morgan fingerprint density at radius 2 is 1.61 bits per heavy atom. The summed E-state index contributed by atoms with van der Waals surface area (Å²) in [7, 11) is 0. The van der Waals surface area contributed by atoms with Gasteiger partial charge in [0.05, 0.1) is 5.57 Å². The molecule has 1 N–H and O–H groups in total. The molecule has 0 heterocycles. The number of hydrogen-bond donors (Lipinski definition) is 1. The van der Waals surface area contributed by atoms with Gasteiger partial charge in [-0.05, 0) is 23.6 Å². The molecule has 2 heteroatoms. The SMILES string of the molecule is CC=C(C(=O)O)c1ccccc1-c1ccccc1. The van der Waals surface area contributed by atoms with E-state index in [1.807, 2.05) is 54.6 Å². The summed E-state index contributed by atoms with van der Waals surface area (Å²) in [5, 5.41) is 9.23. The van der Waals surface area contributed by atoms with E-state index in [0.717, 1.165) is 16.7 Å². The molecule has 0 aromatic heterocycles. The number of carbonyl (C=O) groups is 1. The molecule has 0 atom stereocenters. The van der Waals surface area contributed by atoms with Crippen LogP contribution >= 0.6 is 0 Å². The lowest BCUT2D eigenvalue weighted by Gasteiger charge is -2.10. The lowest BCUT2D eigenvalue weighted by atomic mass is 9.94. The van der Waals surface area contributed by atoms with E-state index in [2.05, 4.69) is 0 Å². The van der Waals surface area contributed by atoms with E-state index in [1.54, 1.807) is 13.0 Å². The maximum absolute atomic E-state index is 11.2. The van der Waals surface area contributed by atoms with Crippen molar-refractivity contribution in [2.75, 3.05) is 0 Å². The van der Waals surface area contributed by atoms with Crippen LogP contribution in [0.2, 0.25) is 0 Å². The minimum atomic E-state index is -0.902. The van der Waals surface area contributed by atoms with Crippen LogP contribution < -0.4 is 0 Å². The summed E-state index contributed by atoms with van der Waals surface area (Å²) in [6, 6.07) is 17.4. The zero-order valence-electron chi connectivity index (χ0n) is 10.1. The maximum atomic E-state index is 11.2. The summed E-state index contributed by atoms with van der Waals surface area (Å²) < 4.78 is 0. The van der Waals surface area contributed by atoms with Gasteiger partial charge in [0, 0.05) is 0 Å². The first-order valence-electron chi connectivity index (χ1n) is 5.78. The van der Waals surface area contributed by atoms with Crippen LogP contribution in [0.3, 0.4) is 0 Å². The molecule has 2 aromatic rings. The summed E-state index contributed by atoms with van der Waals surface area (Å²) >= 11 is 0. The molecule has 2 aromatic carbocycles. The number of hydrogen-bond acceptors (Lipinski definition) is 1. The number of benzene rings is 2. The predicted molar refractivity (Wildman–Crippen MR) is 73.2 cm³/mol. The van der Waals surface area contributed by atoms with Crippen LogP contribution in [0, 0.1) is 0 Å². The summed E-state index contributed by atoms with van der Waals surface area (Å²) in [5.74, 6) is -0.902. The molecule has 0 saturated carbocycles. The quantitative estimate of drug-likeness (QED) is 0.825. The molecule has 2 nitrogen and oxygen atoms in total. The molecule has 0 bridgehead atoms. The molecule has 0 aliphatic rings. The van der Waals surface area contributed by atoms with Crippen LogP contribution in [0.5, 0.6) is 0 Å². The van der Waals surface area contributed by atoms with E-state index >= 15 is 0 Å². The van der Waals surface area contributed by atoms with Crippen LogP contribution in [0.15, 0.2) is 60.7 Å². The molecule has 0 radical (unpaired) electrons. The van der Waals surface area contributed by atoms with Crippen molar-refractivity contribution in [1.29, 1.82) is 0 Å². The Morgan fingerprint density at radius 3 is 2.22 bits per heavy atom. The Labute approximate surface area is 106 Å². The average Bonchev–Trinajstić information content (AvgIpc) is 2.41. The fraction of sp³-hybridized carbons (Fsp3) is 0.0625. The lowest BCUT2D eigenvalue weighted by molar-refractivity contribution is -0.130. The molecule has 0 amide bonds. The predicted octanol–water partition coefficient (Wildman–Crippen LogP) is 3.84. The topological polar surface area (TPSA) is 37.3 Å². The van der Waals surface area contributed by atoms with E-state index < -0.39 is 5.97 Å². The highest BCUT2D eigenvalue weighted by Gasteiger charge is 2.13. The highest BCUT2D eigenvalue weighted by Crippen LogP contribution is 2.28. The van der Waals surface area contributed by atoms with Gasteiger partial charge in [-0.25, -0.2) is 4.79 Å². The molecule has 2 rings (SSSR count). The molecule has 0 unspecified atom stereocenters.